The molecule has 0 spiro atoms. The zero-order valence-electron chi connectivity index (χ0n) is 16.9. The second-order valence-corrected chi connectivity index (χ2v) is 7.39. The summed E-state index contributed by atoms with van der Waals surface area (Å²) in [6, 6.07) is 7.80. The van der Waals surface area contributed by atoms with Crippen molar-refractivity contribution in [3.05, 3.63) is 65.3 Å². The van der Waals surface area contributed by atoms with Gasteiger partial charge in [0.25, 0.3) is 5.91 Å². The van der Waals surface area contributed by atoms with Crippen molar-refractivity contribution in [1.82, 2.24) is 19.9 Å². The number of oxazole rings is 1. The van der Waals surface area contributed by atoms with Crippen LogP contribution in [-0.2, 0) is 0 Å². The number of para-hydroxylation sites is 1. The number of nitrogens with zero attached hydrogens (tertiary/aromatic N) is 4. The van der Waals surface area contributed by atoms with Crippen LogP contribution in [0.3, 0.4) is 0 Å². The number of hydrogen-bond donors (Lipinski definition) is 0. The van der Waals surface area contributed by atoms with Crippen LogP contribution in [0.4, 0.5) is 0 Å². The van der Waals surface area contributed by atoms with Gasteiger partial charge in [0.2, 0.25) is 11.6 Å². The smallest absolute Gasteiger partial charge is 0.291 e. The predicted octanol–water partition coefficient (Wildman–Crippen LogP) is 4.20. The number of benzene rings is 1. The van der Waals surface area contributed by atoms with E-state index in [2.05, 4.69) is 15.0 Å². The Morgan fingerprint density at radius 1 is 1.17 bits per heavy atom. The van der Waals surface area contributed by atoms with E-state index in [1.807, 2.05) is 36.1 Å². The van der Waals surface area contributed by atoms with E-state index in [0.717, 1.165) is 29.8 Å². The van der Waals surface area contributed by atoms with Gasteiger partial charge in [-0.15, -0.1) is 0 Å². The Hall–Kier alpha value is -3.22. The third-order valence-electron chi connectivity index (χ3n) is 5.16. The quantitative estimate of drug-likeness (QED) is 0.662. The summed E-state index contributed by atoms with van der Waals surface area (Å²) in [6.07, 6.45) is 5.21. The Kier molecular flexibility index (Phi) is 5.29. The van der Waals surface area contributed by atoms with Crippen molar-refractivity contribution in [3.8, 4) is 11.6 Å². The summed E-state index contributed by atoms with van der Waals surface area (Å²) in [5.74, 6) is 2.03. The van der Waals surface area contributed by atoms with E-state index in [1.54, 1.807) is 26.2 Å². The lowest BCUT2D eigenvalue weighted by molar-refractivity contribution is 0.0671. The van der Waals surface area contributed by atoms with E-state index in [-0.39, 0.29) is 11.8 Å². The van der Waals surface area contributed by atoms with Crippen molar-refractivity contribution in [2.45, 2.75) is 39.5 Å². The van der Waals surface area contributed by atoms with Crippen molar-refractivity contribution in [2.24, 2.45) is 0 Å². The normalized spacial score (nSPS) is 16.7. The van der Waals surface area contributed by atoms with Gasteiger partial charge in [0.15, 0.2) is 5.89 Å². The van der Waals surface area contributed by atoms with Gasteiger partial charge in [-0.1, -0.05) is 18.2 Å². The molecule has 4 rings (SSSR count). The largest absolute Gasteiger partial charge is 0.437 e. The summed E-state index contributed by atoms with van der Waals surface area (Å²) in [6.45, 7) is 6.80. The van der Waals surface area contributed by atoms with E-state index in [0.29, 0.717) is 36.3 Å². The lowest BCUT2D eigenvalue weighted by atomic mass is 9.95. The highest BCUT2D eigenvalue weighted by atomic mass is 16.5. The van der Waals surface area contributed by atoms with Crippen LogP contribution < -0.4 is 4.74 Å². The SMILES string of the molecule is Cc1nc(C)c(C(=O)N2CCCC(c3cncc(Oc4ccccc4C)n3)C2)o1. The molecule has 150 valence electrons. The van der Waals surface area contributed by atoms with Gasteiger partial charge in [-0.25, -0.2) is 9.97 Å². The number of amides is 1. The lowest BCUT2D eigenvalue weighted by Crippen LogP contribution is -2.39. The summed E-state index contributed by atoms with van der Waals surface area (Å²) < 4.78 is 11.4. The topological polar surface area (TPSA) is 81.4 Å². The van der Waals surface area contributed by atoms with E-state index in [1.165, 1.54) is 0 Å². The van der Waals surface area contributed by atoms with Crippen LogP contribution >= 0.6 is 0 Å². The molecule has 1 amide bonds. The van der Waals surface area contributed by atoms with Crippen LogP contribution in [0.1, 0.15) is 52.2 Å². The molecule has 1 aliphatic rings. The minimum atomic E-state index is -0.118. The Labute approximate surface area is 169 Å². The molecule has 7 heteroatoms. The summed E-state index contributed by atoms with van der Waals surface area (Å²) in [7, 11) is 0. The van der Waals surface area contributed by atoms with Crippen LogP contribution in [0, 0.1) is 20.8 Å². The van der Waals surface area contributed by atoms with Gasteiger partial charge in [0.1, 0.15) is 5.75 Å². The lowest BCUT2D eigenvalue weighted by Gasteiger charge is -2.31. The molecule has 1 fully saturated rings. The number of carbonyl (C=O) groups is 1. The number of piperidine rings is 1. The summed E-state index contributed by atoms with van der Waals surface area (Å²) in [5, 5.41) is 0. The van der Waals surface area contributed by atoms with Gasteiger partial charge in [-0.3, -0.25) is 9.78 Å². The van der Waals surface area contributed by atoms with Gasteiger partial charge in [0, 0.05) is 32.1 Å². The maximum atomic E-state index is 12.9. The maximum Gasteiger partial charge on any atom is 0.291 e. The molecule has 29 heavy (non-hydrogen) atoms. The third-order valence-corrected chi connectivity index (χ3v) is 5.16. The van der Waals surface area contributed by atoms with Crippen LogP contribution in [-0.4, -0.2) is 38.8 Å². The number of hydrogen-bond acceptors (Lipinski definition) is 6. The number of carbonyl (C=O) groups excluding carboxylic acids is 1. The monoisotopic (exact) mass is 392 g/mol. The Morgan fingerprint density at radius 2 is 2.00 bits per heavy atom. The molecule has 2 aromatic heterocycles. The average molecular weight is 392 g/mol. The van der Waals surface area contributed by atoms with E-state index < -0.39 is 0 Å². The molecule has 0 bridgehead atoms. The zero-order chi connectivity index (χ0) is 20.4. The molecule has 1 unspecified atom stereocenters. The third kappa shape index (κ3) is 4.13. The first-order chi connectivity index (χ1) is 14.0. The highest BCUT2D eigenvalue weighted by Gasteiger charge is 2.29. The Morgan fingerprint density at radius 3 is 2.76 bits per heavy atom. The fourth-order valence-corrected chi connectivity index (χ4v) is 3.67. The molecule has 0 radical (unpaired) electrons. The summed E-state index contributed by atoms with van der Waals surface area (Å²) in [5.41, 5.74) is 2.49. The first kappa shape index (κ1) is 19.1. The first-order valence-electron chi connectivity index (χ1n) is 9.80. The molecule has 1 aliphatic heterocycles. The van der Waals surface area contributed by atoms with Crippen molar-refractivity contribution in [1.29, 1.82) is 0 Å². The summed E-state index contributed by atoms with van der Waals surface area (Å²) >= 11 is 0. The summed E-state index contributed by atoms with van der Waals surface area (Å²) in [4.78, 5) is 27.9. The number of ether oxygens (including phenoxy) is 1. The molecule has 1 aromatic carbocycles. The molecule has 0 N–H and O–H groups in total. The zero-order valence-corrected chi connectivity index (χ0v) is 16.9. The number of aromatic nitrogens is 3. The molecular weight excluding hydrogens is 368 g/mol. The van der Waals surface area contributed by atoms with Crippen molar-refractivity contribution >= 4 is 5.91 Å². The van der Waals surface area contributed by atoms with Crippen LogP contribution in [0.2, 0.25) is 0 Å². The number of likely N-dealkylation sites (tertiary alicyclic amines) is 1. The standard InChI is InChI=1S/C22H24N4O3/c1-14-7-4-5-9-19(14)29-20-12-23-11-18(25-20)17-8-6-10-26(13-17)22(27)21-15(2)24-16(3)28-21/h4-5,7,9,11-12,17H,6,8,10,13H2,1-3H3. The van der Waals surface area contributed by atoms with E-state index in [9.17, 15) is 4.79 Å². The Balaban J connectivity index is 1.50. The minimum Gasteiger partial charge on any atom is -0.437 e. The number of aryl methyl sites for hydroxylation is 3. The van der Waals surface area contributed by atoms with Gasteiger partial charge < -0.3 is 14.1 Å². The van der Waals surface area contributed by atoms with Gasteiger partial charge in [-0.05, 0) is 38.3 Å². The van der Waals surface area contributed by atoms with Crippen LogP contribution in [0.25, 0.3) is 0 Å². The Bertz CT molecular complexity index is 1030. The fraction of sp³-hybridized carbons (Fsp3) is 0.364. The molecule has 1 atom stereocenters. The molecule has 7 nitrogen and oxygen atoms in total. The number of rotatable bonds is 4. The first-order valence-corrected chi connectivity index (χ1v) is 9.80. The van der Waals surface area contributed by atoms with E-state index >= 15 is 0 Å². The van der Waals surface area contributed by atoms with Crippen molar-refractivity contribution in [2.75, 3.05) is 13.1 Å². The molecule has 0 aliphatic carbocycles. The van der Waals surface area contributed by atoms with Gasteiger partial charge in [-0.2, -0.15) is 0 Å². The van der Waals surface area contributed by atoms with Crippen molar-refractivity contribution in [3.63, 3.8) is 0 Å². The van der Waals surface area contributed by atoms with Crippen LogP contribution in [0.15, 0.2) is 41.1 Å². The van der Waals surface area contributed by atoms with Crippen LogP contribution in [0.5, 0.6) is 11.6 Å². The highest BCUT2D eigenvalue weighted by Crippen LogP contribution is 2.29. The molecule has 1 saturated heterocycles. The molecule has 3 heterocycles. The molecule has 0 saturated carbocycles. The van der Waals surface area contributed by atoms with Gasteiger partial charge >= 0.3 is 0 Å². The fourth-order valence-electron chi connectivity index (χ4n) is 3.67. The molecule has 3 aromatic rings. The minimum absolute atomic E-state index is 0.102. The molecular formula is C22H24N4O3. The highest BCUT2D eigenvalue weighted by molar-refractivity contribution is 5.92. The average Bonchev–Trinajstić information content (AvgIpc) is 3.07. The maximum absolute atomic E-state index is 12.9. The van der Waals surface area contributed by atoms with Crippen molar-refractivity contribution < 1.29 is 13.9 Å². The second-order valence-electron chi connectivity index (χ2n) is 7.39. The van der Waals surface area contributed by atoms with Gasteiger partial charge in [0.05, 0.1) is 17.6 Å². The predicted molar refractivity (Wildman–Crippen MR) is 107 cm³/mol. The van der Waals surface area contributed by atoms with E-state index in [4.69, 9.17) is 9.15 Å². The second kappa shape index (κ2) is 8.03.